The predicted octanol–water partition coefficient (Wildman–Crippen LogP) is 3.63. The summed E-state index contributed by atoms with van der Waals surface area (Å²) >= 11 is 0. The van der Waals surface area contributed by atoms with Crippen molar-refractivity contribution < 1.29 is 8.63 Å². The van der Waals surface area contributed by atoms with Crippen molar-refractivity contribution in [2.24, 2.45) is 7.05 Å². The average Bonchev–Trinajstić information content (AvgIpc) is 2.95. The molecule has 3 aromatic rings. The van der Waals surface area contributed by atoms with Gasteiger partial charge in [0.25, 0.3) is 5.56 Å². The van der Waals surface area contributed by atoms with Crippen molar-refractivity contribution in [2.75, 3.05) is 0 Å². The largest absolute Gasteiger partial charge is 0.437 e. The number of nitrogens with one attached hydrogen (secondary N) is 1. The van der Waals surface area contributed by atoms with Gasteiger partial charge in [0, 0.05) is 20.0 Å². The number of benzene rings is 1. The molecule has 0 saturated carbocycles. The molecule has 8 heteroatoms. The zero-order valence-corrected chi connectivity index (χ0v) is 19.0. The molecule has 7 nitrogen and oxygen atoms in total. The molecule has 0 bridgehead atoms. The predicted molar refractivity (Wildman–Crippen MR) is 116 cm³/mol. The lowest BCUT2D eigenvalue weighted by Crippen LogP contribution is -2.35. The van der Waals surface area contributed by atoms with Crippen LogP contribution in [0.1, 0.15) is 56.4 Å². The SMILES string of the molecule is Cc1cc([C@@H](C)NS(=O)C(C)(C)C)c2nc(-c3oc(C)nc3C)n(C)c(=O)c2c1. The van der Waals surface area contributed by atoms with E-state index >= 15 is 0 Å². The molecule has 0 aliphatic carbocycles. The third-order valence-electron chi connectivity index (χ3n) is 4.77. The van der Waals surface area contributed by atoms with E-state index in [1.54, 1.807) is 14.0 Å². The summed E-state index contributed by atoms with van der Waals surface area (Å²) in [7, 11) is 0.422. The highest BCUT2D eigenvalue weighted by molar-refractivity contribution is 7.84. The Morgan fingerprint density at radius 2 is 1.83 bits per heavy atom. The maximum atomic E-state index is 13.1. The number of hydrogen-bond acceptors (Lipinski definition) is 5. The first-order valence-corrected chi connectivity index (χ1v) is 10.7. The summed E-state index contributed by atoms with van der Waals surface area (Å²) in [6.45, 7) is 13.2. The Hall–Kier alpha value is -2.32. The van der Waals surface area contributed by atoms with Gasteiger partial charge in [0.15, 0.2) is 17.5 Å². The van der Waals surface area contributed by atoms with Gasteiger partial charge in [-0.1, -0.05) is 6.07 Å². The molecule has 0 aliphatic rings. The molecule has 0 saturated heterocycles. The molecule has 0 radical (unpaired) electrons. The van der Waals surface area contributed by atoms with Crippen molar-refractivity contribution >= 4 is 21.9 Å². The normalized spacial score (nSPS) is 14.3. The fourth-order valence-electron chi connectivity index (χ4n) is 3.23. The quantitative estimate of drug-likeness (QED) is 0.701. The molecular formula is C21H28N4O3S. The van der Waals surface area contributed by atoms with E-state index in [0.717, 1.165) is 11.1 Å². The maximum Gasteiger partial charge on any atom is 0.261 e. The van der Waals surface area contributed by atoms with E-state index in [2.05, 4.69) is 9.71 Å². The fourth-order valence-corrected chi connectivity index (χ4v) is 4.03. The van der Waals surface area contributed by atoms with Crippen molar-refractivity contribution in [2.45, 2.75) is 59.3 Å². The smallest absolute Gasteiger partial charge is 0.261 e. The van der Waals surface area contributed by atoms with Gasteiger partial charge in [-0.15, -0.1) is 0 Å². The third-order valence-corrected chi connectivity index (χ3v) is 6.45. The highest BCUT2D eigenvalue weighted by Crippen LogP contribution is 2.28. The van der Waals surface area contributed by atoms with Crippen molar-refractivity contribution in [3.05, 3.63) is 45.2 Å². The molecule has 0 fully saturated rings. The van der Waals surface area contributed by atoms with Gasteiger partial charge in [-0.25, -0.2) is 18.9 Å². The lowest BCUT2D eigenvalue weighted by Gasteiger charge is -2.23. The summed E-state index contributed by atoms with van der Waals surface area (Å²) in [6, 6.07) is 3.56. The second-order valence-electron chi connectivity index (χ2n) is 8.42. The van der Waals surface area contributed by atoms with E-state index in [1.807, 2.05) is 53.7 Å². The van der Waals surface area contributed by atoms with Crippen LogP contribution in [0.15, 0.2) is 21.3 Å². The van der Waals surface area contributed by atoms with Crippen LogP contribution in [-0.4, -0.2) is 23.5 Å². The number of aromatic nitrogens is 3. The van der Waals surface area contributed by atoms with Crippen molar-refractivity contribution in [1.29, 1.82) is 0 Å². The molecule has 1 N–H and O–H groups in total. The van der Waals surface area contributed by atoms with Crippen LogP contribution in [0, 0.1) is 20.8 Å². The molecule has 1 aromatic carbocycles. The summed E-state index contributed by atoms with van der Waals surface area (Å²) in [6.07, 6.45) is 0. The van der Waals surface area contributed by atoms with Crippen LogP contribution in [0.5, 0.6) is 0 Å². The second-order valence-corrected chi connectivity index (χ2v) is 10.4. The molecule has 0 spiro atoms. The molecule has 156 valence electrons. The Bertz CT molecular complexity index is 1170. The van der Waals surface area contributed by atoms with Gasteiger partial charge in [-0.3, -0.25) is 9.36 Å². The summed E-state index contributed by atoms with van der Waals surface area (Å²) in [4.78, 5) is 22.2. The Kier molecular flexibility index (Phi) is 5.53. The van der Waals surface area contributed by atoms with Crippen molar-refractivity contribution in [1.82, 2.24) is 19.3 Å². The van der Waals surface area contributed by atoms with Crippen LogP contribution in [0.3, 0.4) is 0 Å². The standard InChI is InChI=1S/C21H28N4O3S/c1-11-9-15(12(2)24-29(27)21(5,6)7)17-16(10-11)20(26)25(8)19(23-17)18-13(3)22-14(4)28-18/h9-10,12,24H,1-8H3/t12-,29?/m1/s1. The lowest BCUT2D eigenvalue weighted by molar-refractivity contribution is 0.526. The Balaban J connectivity index is 2.25. The van der Waals surface area contributed by atoms with Crippen LogP contribution in [0.25, 0.3) is 22.5 Å². The molecular weight excluding hydrogens is 388 g/mol. The number of fused-ring (bicyclic) bond motifs is 1. The molecule has 3 rings (SSSR count). The first kappa shape index (κ1) is 21.4. The molecule has 29 heavy (non-hydrogen) atoms. The first-order valence-electron chi connectivity index (χ1n) is 9.54. The van der Waals surface area contributed by atoms with Crippen LogP contribution in [0.4, 0.5) is 0 Å². The van der Waals surface area contributed by atoms with E-state index in [4.69, 9.17) is 9.40 Å². The molecule has 0 amide bonds. The third kappa shape index (κ3) is 4.04. The van der Waals surface area contributed by atoms with Crippen LogP contribution < -0.4 is 10.3 Å². The van der Waals surface area contributed by atoms with E-state index < -0.39 is 15.7 Å². The van der Waals surface area contributed by atoms with E-state index in [-0.39, 0.29) is 11.6 Å². The number of oxazole rings is 1. The van der Waals surface area contributed by atoms with Gasteiger partial charge < -0.3 is 4.42 Å². The van der Waals surface area contributed by atoms with Crippen LogP contribution in [-0.2, 0) is 18.0 Å². The Morgan fingerprint density at radius 3 is 2.38 bits per heavy atom. The Labute approximate surface area is 173 Å². The van der Waals surface area contributed by atoms with E-state index in [0.29, 0.717) is 34.1 Å². The topological polar surface area (TPSA) is 90.0 Å². The van der Waals surface area contributed by atoms with Gasteiger partial charge in [0.1, 0.15) is 0 Å². The zero-order valence-electron chi connectivity index (χ0n) is 18.2. The lowest BCUT2D eigenvalue weighted by atomic mass is 10.0. The highest BCUT2D eigenvalue weighted by atomic mass is 32.2. The van der Waals surface area contributed by atoms with Crippen LogP contribution in [0.2, 0.25) is 0 Å². The summed E-state index contributed by atoms with van der Waals surface area (Å²) in [5.41, 5.74) is 2.87. The monoisotopic (exact) mass is 416 g/mol. The zero-order chi connectivity index (χ0) is 21.7. The van der Waals surface area contributed by atoms with E-state index in [1.165, 1.54) is 4.57 Å². The minimum absolute atomic E-state index is 0.160. The average molecular weight is 417 g/mol. The molecule has 2 aromatic heterocycles. The van der Waals surface area contributed by atoms with Gasteiger partial charge in [0.05, 0.1) is 32.3 Å². The molecule has 1 unspecified atom stereocenters. The first-order chi connectivity index (χ1) is 13.4. The molecule has 0 aliphatic heterocycles. The number of hydrogen-bond donors (Lipinski definition) is 1. The van der Waals surface area contributed by atoms with Gasteiger partial charge >= 0.3 is 0 Å². The number of nitrogens with zero attached hydrogens (tertiary/aromatic N) is 3. The minimum Gasteiger partial charge on any atom is -0.437 e. The Morgan fingerprint density at radius 1 is 1.17 bits per heavy atom. The van der Waals surface area contributed by atoms with Gasteiger partial charge in [0.2, 0.25) is 0 Å². The number of aryl methyl sites for hydroxylation is 3. The number of rotatable bonds is 4. The van der Waals surface area contributed by atoms with E-state index in [9.17, 15) is 9.00 Å². The molecule has 2 heterocycles. The summed E-state index contributed by atoms with van der Waals surface area (Å²) < 4.78 is 22.6. The summed E-state index contributed by atoms with van der Waals surface area (Å²) in [5.74, 6) is 1.43. The summed E-state index contributed by atoms with van der Waals surface area (Å²) in [5, 5.41) is 0.523. The highest BCUT2D eigenvalue weighted by Gasteiger charge is 2.24. The second kappa shape index (κ2) is 7.50. The molecule has 2 atom stereocenters. The van der Waals surface area contributed by atoms with Crippen LogP contribution >= 0.6 is 0 Å². The van der Waals surface area contributed by atoms with Crippen molar-refractivity contribution in [3.8, 4) is 11.6 Å². The minimum atomic E-state index is -1.26. The van der Waals surface area contributed by atoms with Gasteiger partial charge in [-0.2, -0.15) is 0 Å². The maximum absolute atomic E-state index is 13.1. The van der Waals surface area contributed by atoms with Crippen molar-refractivity contribution in [3.63, 3.8) is 0 Å². The fraction of sp³-hybridized carbons (Fsp3) is 0.476. The van der Waals surface area contributed by atoms with Gasteiger partial charge in [-0.05, 0) is 58.7 Å².